The van der Waals surface area contributed by atoms with E-state index >= 15 is 0 Å². The van der Waals surface area contributed by atoms with Crippen molar-refractivity contribution in [1.29, 1.82) is 0 Å². The highest BCUT2D eigenvalue weighted by Crippen LogP contribution is 2.24. The van der Waals surface area contributed by atoms with Crippen LogP contribution in [0.5, 0.6) is 5.75 Å². The van der Waals surface area contributed by atoms with E-state index in [1.54, 1.807) is 13.2 Å². The zero-order valence-corrected chi connectivity index (χ0v) is 15.0. The summed E-state index contributed by atoms with van der Waals surface area (Å²) in [4.78, 5) is 14.3. The molecule has 0 unspecified atom stereocenters. The van der Waals surface area contributed by atoms with Gasteiger partial charge in [0.1, 0.15) is 11.4 Å². The van der Waals surface area contributed by atoms with E-state index < -0.39 is 0 Å². The SMILES string of the molecule is COc1cccc(-c2cc(CNC(=O)c3cccc(N(C)C)c3)no2)c1. The number of carbonyl (C=O) groups excluding carboxylic acids is 1. The van der Waals surface area contributed by atoms with E-state index in [0.717, 1.165) is 17.0 Å². The minimum atomic E-state index is -0.153. The molecule has 0 aliphatic heterocycles. The average Bonchev–Trinajstić information content (AvgIpc) is 3.15. The van der Waals surface area contributed by atoms with Crippen LogP contribution in [-0.2, 0) is 6.54 Å². The number of hydrogen-bond donors (Lipinski definition) is 1. The summed E-state index contributed by atoms with van der Waals surface area (Å²) in [5.74, 6) is 1.22. The van der Waals surface area contributed by atoms with E-state index in [1.807, 2.05) is 67.5 Å². The van der Waals surface area contributed by atoms with Crippen LogP contribution in [0.3, 0.4) is 0 Å². The van der Waals surface area contributed by atoms with Crippen LogP contribution in [0.4, 0.5) is 5.69 Å². The number of hydrogen-bond acceptors (Lipinski definition) is 5. The fourth-order valence-corrected chi connectivity index (χ4v) is 2.51. The summed E-state index contributed by atoms with van der Waals surface area (Å²) in [5.41, 5.74) is 3.10. The van der Waals surface area contributed by atoms with Crippen molar-refractivity contribution in [2.75, 3.05) is 26.1 Å². The maximum absolute atomic E-state index is 12.3. The summed E-state index contributed by atoms with van der Waals surface area (Å²) in [6, 6.07) is 16.8. The molecule has 2 aromatic carbocycles. The molecular formula is C20H21N3O3. The van der Waals surface area contributed by atoms with Crippen molar-refractivity contribution in [3.8, 4) is 17.1 Å². The van der Waals surface area contributed by atoms with Gasteiger partial charge in [0.2, 0.25) is 0 Å². The van der Waals surface area contributed by atoms with Gasteiger partial charge in [-0.25, -0.2) is 0 Å². The second kappa shape index (κ2) is 7.74. The van der Waals surface area contributed by atoms with Gasteiger partial charge < -0.3 is 19.5 Å². The highest BCUT2D eigenvalue weighted by Gasteiger charge is 2.11. The lowest BCUT2D eigenvalue weighted by molar-refractivity contribution is 0.0950. The van der Waals surface area contributed by atoms with Gasteiger partial charge in [0, 0.05) is 37.0 Å². The third-order valence-corrected chi connectivity index (χ3v) is 3.97. The first kappa shape index (κ1) is 17.5. The lowest BCUT2D eigenvalue weighted by atomic mass is 10.1. The highest BCUT2D eigenvalue weighted by atomic mass is 16.5. The maximum Gasteiger partial charge on any atom is 0.251 e. The second-order valence-corrected chi connectivity index (χ2v) is 6.04. The summed E-state index contributed by atoms with van der Waals surface area (Å²) < 4.78 is 10.6. The highest BCUT2D eigenvalue weighted by molar-refractivity contribution is 5.95. The molecule has 0 saturated carbocycles. The van der Waals surface area contributed by atoms with Crippen molar-refractivity contribution in [3.05, 3.63) is 65.9 Å². The Morgan fingerprint density at radius 3 is 2.73 bits per heavy atom. The maximum atomic E-state index is 12.3. The molecule has 0 aliphatic rings. The Balaban J connectivity index is 1.66. The normalized spacial score (nSPS) is 10.4. The number of methoxy groups -OCH3 is 1. The first-order chi connectivity index (χ1) is 12.6. The molecule has 134 valence electrons. The largest absolute Gasteiger partial charge is 0.497 e. The van der Waals surface area contributed by atoms with Crippen molar-refractivity contribution in [1.82, 2.24) is 10.5 Å². The van der Waals surface area contributed by atoms with Gasteiger partial charge in [-0.2, -0.15) is 0 Å². The van der Waals surface area contributed by atoms with Crippen molar-refractivity contribution in [2.24, 2.45) is 0 Å². The Hall–Kier alpha value is -3.28. The van der Waals surface area contributed by atoms with Crippen molar-refractivity contribution in [2.45, 2.75) is 6.54 Å². The van der Waals surface area contributed by atoms with Crippen LogP contribution >= 0.6 is 0 Å². The van der Waals surface area contributed by atoms with Crippen LogP contribution in [0.25, 0.3) is 11.3 Å². The third kappa shape index (κ3) is 4.03. The number of benzene rings is 2. The molecule has 0 aliphatic carbocycles. The van der Waals surface area contributed by atoms with Crippen molar-refractivity contribution >= 4 is 11.6 Å². The summed E-state index contributed by atoms with van der Waals surface area (Å²) in [5, 5.41) is 6.88. The number of nitrogens with one attached hydrogen (secondary N) is 1. The first-order valence-corrected chi connectivity index (χ1v) is 8.22. The fourth-order valence-electron chi connectivity index (χ4n) is 2.51. The number of amides is 1. The molecule has 1 amide bonds. The van der Waals surface area contributed by atoms with Gasteiger partial charge >= 0.3 is 0 Å². The number of anilines is 1. The topological polar surface area (TPSA) is 67.6 Å². The van der Waals surface area contributed by atoms with Gasteiger partial charge in [0.15, 0.2) is 5.76 Å². The zero-order chi connectivity index (χ0) is 18.5. The van der Waals surface area contributed by atoms with Crippen molar-refractivity contribution < 1.29 is 14.1 Å². The van der Waals surface area contributed by atoms with E-state index in [1.165, 1.54) is 0 Å². The van der Waals surface area contributed by atoms with Crippen LogP contribution in [0.15, 0.2) is 59.1 Å². The number of ether oxygens (including phenoxy) is 1. The fraction of sp³-hybridized carbons (Fsp3) is 0.200. The van der Waals surface area contributed by atoms with Gasteiger partial charge in [-0.05, 0) is 30.3 Å². The van der Waals surface area contributed by atoms with E-state index in [9.17, 15) is 4.79 Å². The molecular weight excluding hydrogens is 330 g/mol. The Morgan fingerprint density at radius 1 is 1.15 bits per heavy atom. The predicted octanol–water partition coefficient (Wildman–Crippen LogP) is 3.35. The number of carbonyl (C=O) groups is 1. The van der Waals surface area contributed by atoms with Crippen LogP contribution in [0, 0.1) is 0 Å². The van der Waals surface area contributed by atoms with Gasteiger partial charge in [0.05, 0.1) is 13.7 Å². The summed E-state index contributed by atoms with van der Waals surface area (Å²) in [7, 11) is 5.49. The third-order valence-electron chi connectivity index (χ3n) is 3.97. The van der Waals surface area contributed by atoms with Crippen LogP contribution < -0.4 is 15.0 Å². The lowest BCUT2D eigenvalue weighted by Gasteiger charge is -2.13. The first-order valence-electron chi connectivity index (χ1n) is 8.22. The Morgan fingerprint density at radius 2 is 1.96 bits per heavy atom. The molecule has 1 aromatic heterocycles. The smallest absolute Gasteiger partial charge is 0.251 e. The number of aromatic nitrogens is 1. The molecule has 0 spiro atoms. The van der Waals surface area contributed by atoms with E-state index in [0.29, 0.717) is 23.6 Å². The summed E-state index contributed by atoms with van der Waals surface area (Å²) in [6.45, 7) is 0.290. The minimum Gasteiger partial charge on any atom is -0.497 e. The molecule has 6 heteroatoms. The van der Waals surface area contributed by atoms with Gasteiger partial charge in [-0.15, -0.1) is 0 Å². The molecule has 1 heterocycles. The van der Waals surface area contributed by atoms with Crippen LogP contribution in [0.1, 0.15) is 16.1 Å². The van der Waals surface area contributed by atoms with Gasteiger partial charge in [-0.3, -0.25) is 4.79 Å². The molecule has 26 heavy (non-hydrogen) atoms. The molecule has 1 N–H and O–H groups in total. The molecule has 0 saturated heterocycles. The molecule has 6 nitrogen and oxygen atoms in total. The zero-order valence-electron chi connectivity index (χ0n) is 15.0. The van der Waals surface area contributed by atoms with Crippen LogP contribution in [0.2, 0.25) is 0 Å². The van der Waals surface area contributed by atoms with Crippen LogP contribution in [-0.4, -0.2) is 32.3 Å². The molecule has 0 atom stereocenters. The summed E-state index contributed by atoms with van der Waals surface area (Å²) in [6.07, 6.45) is 0. The number of rotatable bonds is 6. The molecule has 0 fully saturated rings. The van der Waals surface area contributed by atoms with E-state index in [2.05, 4.69) is 10.5 Å². The molecule has 3 aromatic rings. The Labute approximate surface area is 152 Å². The monoisotopic (exact) mass is 351 g/mol. The van der Waals surface area contributed by atoms with E-state index in [4.69, 9.17) is 9.26 Å². The number of nitrogens with zero attached hydrogens (tertiary/aromatic N) is 2. The Kier molecular flexibility index (Phi) is 5.22. The summed E-state index contributed by atoms with van der Waals surface area (Å²) >= 11 is 0. The quantitative estimate of drug-likeness (QED) is 0.738. The predicted molar refractivity (Wildman–Crippen MR) is 100 cm³/mol. The standard InChI is InChI=1S/C20H21N3O3/c1-23(2)17-8-4-7-15(10-17)20(24)21-13-16-12-19(26-22-16)14-6-5-9-18(11-14)25-3/h4-12H,13H2,1-3H3,(H,21,24). The average molecular weight is 351 g/mol. The minimum absolute atomic E-state index is 0.153. The molecule has 0 radical (unpaired) electrons. The molecule has 3 rings (SSSR count). The second-order valence-electron chi connectivity index (χ2n) is 6.04. The lowest BCUT2D eigenvalue weighted by Crippen LogP contribution is -2.23. The van der Waals surface area contributed by atoms with E-state index in [-0.39, 0.29) is 5.91 Å². The Bertz CT molecular complexity index is 903. The van der Waals surface area contributed by atoms with Crippen molar-refractivity contribution in [3.63, 3.8) is 0 Å². The van der Waals surface area contributed by atoms with Gasteiger partial charge in [0.25, 0.3) is 5.91 Å². The molecule has 0 bridgehead atoms. The van der Waals surface area contributed by atoms with Gasteiger partial charge in [-0.1, -0.05) is 23.4 Å².